The maximum absolute atomic E-state index is 11.9. The Bertz CT molecular complexity index is 203. The predicted octanol–water partition coefficient (Wildman–Crippen LogP) is 1.24. The molecule has 0 unspecified atom stereocenters. The lowest BCUT2D eigenvalue weighted by molar-refractivity contribution is -0.135. The number of nitrogens with zero attached hydrogens (tertiary/aromatic N) is 1. The molecule has 1 amide bonds. The average molecular weight is 198 g/mol. The largest absolute Gasteiger partial charge is 0.337 e. The normalized spacial score (nSPS) is 28.2. The minimum Gasteiger partial charge on any atom is -0.337 e. The molecule has 0 aromatic heterocycles. The molecule has 0 aromatic rings. The highest BCUT2D eigenvalue weighted by molar-refractivity contribution is 5.76. The molecule has 0 bridgehead atoms. The van der Waals surface area contributed by atoms with Crippen molar-refractivity contribution in [1.29, 1.82) is 0 Å². The van der Waals surface area contributed by atoms with Crippen LogP contribution in [0.2, 0.25) is 0 Å². The summed E-state index contributed by atoms with van der Waals surface area (Å²) in [4.78, 5) is 13.9. The van der Waals surface area contributed by atoms with E-state index in [9.17, 15) is 4.79 Å². The van der Waals surface area contributed by atoms with Crippen LogP contribution >= 0.6 is 0 Å². The first-order chi connectivity index (χ1) is 6.50. The zero-order valence-corrected chi connectivity index (χ0v) is 9.71. The lowest BCUT2D eigenvalue weighted by atomic mass is 10.1. The van der Waals surface area contributed by atoms with Crippen LogP contribution in [0.25, 0.3) is 0 Å². The van der Waals surface area contributed by atoms with Crippen LogP contribution in [0.5, 0.6) is 0 Å². The van der Waals surface area contributed by atoms with E-state index in [4.69, 9.17) is 0 Å². The minimum absolute atomic E-state index is 0.306. The second-order valence-corrected chi connectivity index (χ2v) is 4.80. The second-order valence-electron chi connectivity index (χ2n) is 4.80. The van der Waals surface area contributed by atoms with Gasteiger partial charge in [-0.3, -0.25) is 4.79 Å². The number of piperazine rings is 1. The van der Waals surface area contributed by atoms with Crippen LogP contribution < -0.4 is 5.32 Å². The fraction of sp³-hybridized carbons (Fsp3) is 0.909. The molecular formula is C11H22N2O. The quantitative estimate of drug-likeness (QED) is 0.724. The summed E-state index contributed by atoms with van der Waals surface area (Å²) >= 11 is 0. The van der Waals surface area contributed by atoms with Gasteiger partial charge in [-0.1, -0.05) is 13.8 Å². The van der Waals surface area contributed by atoms with Crippen molar-refractivity contribution in [2.24, 2.45) is 5.92 Å². The molecule has 2 atom stereocenters. The predicted molar refractivity (Wildman–Crippen MR) is 58.1 cm³/mol. The SMILES string of the molecule is CC(C)CC(=O)N1C[C@H](C)NC[C@@H]1C. The molecule has 0 aliphatic carbocycles. The van der Waals surface area contributed by atoms with Crippen molar-refractivity contribution in [1.82, 2.24) is 10.2 Å². The van der Waals surface area contributed by atoms with Crippen molar-refractivity contribution in [3.8, 4) is 0 Å². The van der Waals surface area contributed by atoms with Gasteiger partial charge < -0.3 is 10.2 Å². The molecule has 0 aromatic carbocycles. The molecule has 1 rings (SSSR count). The van der Waals surface area contributed by atoms with Gasteiger partial charge in [0.15, 0.2) is 0 Å². The fourth-order valence-corrected chi connectivity index (χ4v) is 1.84. The first-order valence-electron chi connectivity index (χ1n) is 5.53. The Balaban J connectivity index is 2.51. The third kappa shape index (κ3) is 2.98. The standard InChI is InChI=1S/C11H22N2O/c1-8(2)5-11(14)13-7-9(3)12-6-10(13)4/h8-10,12H,5-7H2,1-4H3/t9-,10-/m0/s1. The molecule has 0 saturated carbocycles. The van der Waals surface area contributed by atoms with Gasteiger partial charge in [-0.25, -0.2) is 0 Å². The van der Waals surface area contributed by atoms with E-state index in [1.807, 2.05) is 4.90 Å². The number of rotatable bonds is 2. The van der Waals surface area contributed by atoms with Crippen molar-refractivity contribution in [2.75, 3.05) is 13.1 Å². The van der Waals surface area contributed by atoms with Gasteiger partial charge in [0.2, 0.25) is 5.91 Å². The van der Waals surface area contributed by atoms with Crippen LogP contribution in [0.3, 0.4) is 0 Å². The molecule has 3 heteroatoms. The van der Waals surface area contributed by atoms with Crippen LogP contribution in [-0.2, 0) is 4.79 Å². The van der Waals surface area contributed by atoms with E-state index < -0.39 is 0 Å². The molecule has 3 nitrogen and oxygen atoms in total. The Labute approximate surface area is 86.9 Å². The summed E-state index contributed by atoms with van der Waals surface area (Å²) in [7, 11) is 0. The molecule has 82 valence electrons. The van der Waals surface area contributed by atoms with E-state index in [-0.39, 0.29) is 0 Å². The fourth-order valence-electron chi connectivity index (χ4n) is 1.84. The summed E-state index contributed by atoms with van der Waals surface area (Å²) in [5, 5.41) is 3.38. The van der Waals surface area contributed by atoms with E-state index in [1.54, 1.807) is 0 Å². The van der Waals surface area contributed by atoms with Crippen LogP contribution in [0, 0.1) is 5.92 Å². The van der Waals surface area contributed by atoms with Crippen LogP contribution in [0.15, 0.2) is 0 Å². The highest BCUT2D eigenvalue weighted by Crippen LogP contribution is 2.11. The molecule has 1 N–H and O–H groups in total. The minimum atomic E-state index is 0.306. The molecule has 1 heterocycles. The van der Waals surface area contributed by atoms with Gasteiger partial charge >= 0.3 is 0 Å². The van der Waals surface area contributed by atoms with Crippen molar-refractivity contribution >= 4 is 5.91 Å². The van der Waals surface area contributed by atoms with Gasteiger partial charge in [0.25, 0.3) is 0 Å². The zero-order chi connectivity index (χ0) is 10.7. The molecule has 1 saturated heterocycles. The number of nitrogens with one attached hydrogen (secondary N) is 1. The van der Waals surface area contributed by atoms with Gasteiger partial charge in [-0.2, -0.15) is 0 Å². The molecule has 1 aliphatic heterocycles. The Morgan fingerprint density at radius 3 is 2.71 bits per heavy atom. The number of carbonyl (C=O) groups is 1. The Morgan fingerprint density at radius 2 is 2.14 bits per heavy atom. The summed E-state index contributed by atoms with van der Waals surface area (Å²) in [6.45, 7) is 10.2. The molecule has 0 spiro atoms. The third-order valence-corrected chi connectivity index (χ3v) is 2.67. The van der Waals surface area contributed by atoms with E-state index in [2.05, 4.69) is 33.0 Å². The van der Waals surface area contributed by atoms with Gasteiger partial charge in [-0.15, -0.1) is 0 Å². The van der Waals surface area contributed by atoms with Crippen LogP contribution in [0.4, 0.5) is 0 Å². The highest BCUT2D eigenvalue weighted by atomic mass is 16.2. The Kier molecular flexibility index (Phi) is 3.93. The summed E-state index contributed by atoms with van der Waals surface area (Å²) < 4.78 is 0. The molecule has 0 radical (unpaired) electrons. The first kappa shape index (κ1) is 11.5. The average Bonchev–Trinajstić information content (AvgIpc) is 2.08. The number of carbonyl (C=O) groups excluding carboxylic acids is 1. The molecule has 1 fully saturated rings. The molecule has 14 heavy (non-hydrogen) atoms. The highest BCUT2D eigenvalue weighted by Gasteiger charge is 2.26. The monoisotopic (exact) mass is 198 g/mol. The van der Waals surface area contributed by atoms with Crippen molar-refractivity contribution in [3.63, 3.8) is 0 Å². The van der Waals surface area contributed by atoms with E-state index in [0.29, 0.717) is 30.3 Å². The smallest absolute Gasteiger partial charge is 0.223 e. The van der Waals surface area contributed by atoms with Gasteiger partial charge in [0.1, 0.15) is 0 Å². The van der Waals surface area contributed by atoms with E-state index >= 15 is 0 Å². The van der Waals surface area contributed by atoms with E-state index in [1.165, 1.54) is 0 Å². The summed E-state index contributed by atoms with van der Waals surface area (Å²) in [6, 6.07) is 0.778. The van der Waals surface area contributed by atoms with Gasteiger partial charge in [0.05, 0.1) is 0 Å². The maximum atomic E-state index is 11.9. The third-order valence-electron chi connectivity index (χ3n) is 2.67. The lowest BCUT2D eigenvalue weighted by Crippen LogP contribution is -2.56. The molecule has 1 aliphatic rings. The van der Waals surface area contributed by atoms with Crippen LogP contribution in [-0.4, -0.2) is 36.0 Å². The zero-order valence-electron chi connectivity index (χ0n) is 9.71. The van der Waals surface area contributed by atoms with Crippen molar-refractivity contribution in [2.45, 2.75) is 46.2 Å². The second kappa shape index (κ2) is 4.78. The van der Waals surface area contributed by atoms with Crippen LogP contribution in [0.1, 0.15) is 34.1 Å². The summed E-state index contributed by atoms with van der Waals surface area (Å²) in [6.07, 6.45) is 0.678. The van der Waals surface area contributed by atoms with Crippen molar-refractivity contribution < 1.29 is 4.79 Å². The maximum Gasteiger partial charge on any atom is 0.223 e. The van der Waals surface area contributed by atoms with Gasteiger partial charge in [0, 0.05) is 31.6 Å². The Hall–Kier alpha value is -0.570. The number of hydrogen-bond donors (Lipinski definition) is 1. The number of hydrogen-bond acceptors (Lipinski definition) is 2. The lowest BCUT2D eigenvalue weighted by Gasteiger charge is -2.38. The summed E-state index contributed by atoms with van der Waals surface area (Å²) in [5.41, 5.74) is 0. The number of amides is 1. The first-order valence-corrected chi connectivity index (χ1v) is 5.53. The molecular weight excluding hydrogens is 176 g/mol. The van der Waals surface area contributed by atoms with Gasteiger partial charge in [-0.05, 0) is 19.8 Å². The van der Waals surface area contributed by atoms with Crippen molar-refractivity contribution in [3.05, 3.63) is 0 Å². The summed E-state index contributed by atoms with van der Waals surface area (Å²) in [5.74, 6) is 0.765. The van der Waals surface area contributed by atoms with E-state index in [0.717, 1.165) is 13.1 Å². The topological polar surface area (TPSA) is 32.3 Å². The Morgan fingerprint density at radius 1 is 1.50 bits per heavy atom.